The van der Waals surface area contributed by atoms with Crippen molar-refractivity contribution in [3.63, 3.8) is 0 Å². The summed E-state index contributed by atoms with van der Waals surface area (Å²) in [7, 11) is -11.3. The predicted octanol–water partition coefficient (Wildman–Crippen LogP) is -2.39. The van der Waals surface area contributed by atoms with E-state index < -0.39 is 100 Å². The van der Waals surface area contributed by atoms with Gasteiger partial charge >= 0.3 is 27.0 Å². The molecule has 2 saturated heterocycles. The summed E-state index contributed by atoms with van der Waals surface area (Å²) in [5.74, 6) is -0.0947. The Bertz CT molecular complexity index is 2210. The Morgan fingerprint density at radius 3 is 2.47 bits per heavy atom. The number of nitrogens with zero attached hydrogens (tertiary/aromatic N) is 2. The van der Waals surface area contributed by atoms with E-state index in [1.807, 2.05) is 4.98 Å². The Morgan fingerprint density at radius 2 is 1.72 bits per heavy atom. The molecule has 0 spiro atoms. The zero-order valence-electron chi connectivity index (χ0n) is 30.1. The van der Waals surface area contributed by atoms with Gasteiger partial charge in [0.2, 0.25) is 0 Å². The molecule has 0 radical (unpaired) electrons. The lowest BCUT2D eigenvalue weighted by molar-refractivity contribution is -0.259. The third kappa shape index (κ3) is 11.7. The number of H-pyrrole nitrogens is 1. The van der Waals surface area contributed by atoms with Crippen LogP contribution < -0.4 is 26.9 Å². The second-order valence-corrected chi connectivity index (χ2v) is 15.8. The summed E-state index contributed by atoms with van der Waals surface area (Å²) in [5.41, 5.74) is -1.23. The largest absolute Gasteiger partial charge is 0.484 e. The Hall–Kier alpha value is -4.17. The number of aliphatic hydroxyl groups excluding tert-OH is 5. The third-order valence-corrected chi connectivity index (χ3v) is 11.1. The van der Waals surface area contributed by atoms with Crippen LogP contribution in [0.1, 0.15) is 24.6 Å². The number of fused-ring (bicyclic) bond motifs is 1. The molecule has 11 atom stereocenters. The summed E-state index contributed by atoms with van der Waals surface area (Å²) in [6.07, 6.45) is -14.3. The van der Waals surface area contributed by atoms with Gasteiger partial charge in [0, 0.05) is 36.3 Å². The highest BCUT2D eigenvalue weighted by Crippen LogP contribution is 2.61. The van der Waals surface area contributed by atoms with Crippen molar-refractivity contribution in [3.8, 4) is 5.75 Å². The number of carbonyl (C=O) groups is 1. The van der Waals surface area contributed by atoms with Gasteiger partial charge in [-0.1, -0.05) is 5.16 Å². The number of phosphoric ester groups is 2. The summed E-state index contributed by atoms with van der Waals surface area (Å²) in [6.45, 7) is 0.638. The van der Waals surface area contributed by atoms with Crippen molar-refractivity contribution in [2.75, 3.05) is 26.4 Å². The first-order chi connectivity index (χ1) is 27.3. The highest BCUT2D eigenvalue weighted by molar-refractivity contribution is 7.61. The van der Waals surface area contributed by atoms with Crippen LogP contribution in [0.2, 0.25) is 0 Å². The van der Waals surface area contributed by atoms with Crippen molar-refractivity contribution in [3.05, 3.63) is 73.4 Å². The number of aromatic amines is 1. The molecule has 25 nitrogen and oxygen atoms in total. The van der Waals surface area contributed by atoms with Gasteiger partial charge in [-0.05, 0) is 37.5 Å². The minimum Gasteiger partial charge on any atom is -0.484 e. The van der Waals surface area contributed by atoms with Crippen molar-refractivity contribution in [1.82, 2.24) is 14.9 Å². The molecule has 0 bridgehead atoms. The summed E-state index contributed by atoms with van der Waals surface area (Å²) in [6, 6.07) is 7.14. The predicted molar refractivity (Wildman–Crippen MR) is 191 cm³/mol. The second-order valence-electron chi connectivity index (χ2n) is 12.8. The SMILES string of the molecule is Cc1cc(=O)oc2cc(OCC(=O)NCCCCO/N=C\[C@H]3O[C@H](OP(=O)(O)OP(=O)(O)OCC4OC(n5ccc(=O)[nH]c5=O)C(O)[C@H]4O)[C@H](O)[C@@H](O)[C@H]3O)ccc12. The number of hydrogen-bond donors (Lipinski definition) is 9. The molecule has 320 valence electrons. The van der Waals surface area contributed by atoms with Crippen LogP contribution >= 0.6 is 15.6 Å². The Balaban J connectivity index is 1.02. The van der Waals surface area contributed by atoms with E-state index >= 15 is 0 Å². The fourth-order valence-corrected chi connectivity index (χ4v) is 7.71. The number of aryl methyl sites for hydroxylation is 1. The monoisotopic (exact) mass is 866 g/mol. The number of aromatic nitrogens is 2. The van der Waals surface area contributed by atoms with Gasteiger partial charge in [-0.25, -0.2) is 18.7 Å². The van der Waals surface area contributed by atoms with Crippen LogP contribution in [0.15, 0.2) is 60.5 Å². The molecule has 0 aliphatic carbocycles. The standard InChI is InChI=1S/C31H40N4O21P2/c1-15-10-23(38)52-18-11-16(4-5-17(15)18)49-14-22(37)32-7-2-3-9-50-33-12-19-24(39)26(41)28(43)30(54-19)55-58(47,48)56-57(45,46)51-13-20-25(40)27(42)29(53-20)35-8-6-21(36)34-31(35)44/h4-6,8,10-12,19-20,24-30,39-43H,2-3,7,9,13-14H2,1H3,(H,32,37)(H,45,46)(H,47,48)(H,34,36,44)/b33-12-/t19-,20?,24+,25+,26+,27?,28-,29?,30-/m1/s1. The van der Waals surface area contributed by atoms with Crippen molar-refractivity contribution in [2.45, 2.75) is 75.0 Å². The van der Waals surface area contributed by atoms with Gasteiger partial charge in [0.1, 0.15) is 60.7 Å². The van der Waals surface area contributed by atoms with Gasteiger partial charge in [-0.15, -0.1) is 0 Å². The van der Waals surface area contributed by atoms with E-state index in [2.05, 4.69) is 23.8 Å². The van der Waals surface area contributed by atoms with Crippen LogP contribution in [0.3, 0.4) is 0 Å². The van der Waals surface area contributed by atoms with Gasteiger partial charge in [0.05, 0.1) is 12.8 Å². The molecule has 5 unspecified atom stereocenters. The molecule has 1 aromatic carbocycles. The lowest BCUT2D eigenvalue weighted by Gasteiger charge is -2.38. The van der Waals surface area contributed by atoms with Crippen LogP contribution in [0.5, 0.6) is 5.75 Å². The second kappa shape index (κ2) is 19.3. The first kappa shape index (κ1) is 44.9. The normalized spacial score (nSPS) is 28.2. The number of aliphatic hydroxyl groups is 5. The lowest BCUT2D eigenvalue weighted by Crippen LogP contribution is -2.58. The summed E-state index contributed by atoms with van der Waals surface area (Å²) in [4.78, 5) is 74.3. The fraction of sp³-hybridized carbons (Fsp3) is 0.516. The third-order valence-electron chi connectivity index (χ3n) is 8.47. The average molecular weight is 867 g/mol. The minimum atomic E-state index is -5.72. The van der Waals surface area contributed by atoms with E-state index in [-0.39, 0.29) is 19.8 Å². The molecule has 27 heteroatoms. The van der Waals surface area contributed by atoms with E-state index in [4.69, 9.17) is 23.5 Å². The van der Waals surface area contributed by atoms with Gasteiger partial charge in [-0.2, -0.15) is 4.31 Å². The zero-order chi connectivity index (χ0) is 42.4. The summed E-state index contributed by atoms with van der Waals surface area (Å²) < 4.78 is 60.4. The topological polar surface area (TPSA) is 367 Å². The number of oxime groups is 1. The molecular formula is C31H40N4O21P2. The molecule has 0 saturated carbocycles. The number of unbranched alkanes of at least 4 members (excludes halogenated alkanes) is 1. The molecule has 2 aliphatic heterocycles. The molecule has 2 fully saturated rings. The number of phosphoric acid groups is 2. The van der Waals surface area contributed by atoms with Crippen LogP contribution in [-0.4, -0.2) is 132 Å². The maximum Gasteiger partial charge on any atom is 0.483 e. The van der Waals surface area contributed by atoms with Crippen molar-refractivity contribution in [1.29, 1.82) is 0 Å². The minimum absolute atomic E-state index is 0.00183. The molecule has 9 N–H and O–H groups in total. The highest BCUT2D eigenvalue weighted by atomic mass is 31.3. The summed E-state index contributed by atoms with van der Waals surface area (Å²) in [5, 5.41) is 58.4. The van der Waals surface area contributed by atoms with E-state index in [0.717, 1.165) is 29.4 Å². The Labute approximate surface area is 325 Å². The molecule has 5 rings (SSSR count). The molecule has 2 aromatic heterocycles. The number of carbonyl (C=O) groups excluding carboxylic acids is 1. The zero-order valence-corrected chi connectivity index (χ0v) is 31.9. The van der Waals surface area contributed by atoms with Crippen LogP contribution in [0.4, 0.5) is 0 Å². The van der Waals surface area contributed by atoms with Crippen LogP contribution in [0, 0.1) is 6.92 Å². The first-order valence-corrected chi connectivity index (χ1v) is 20.2. The number of nitrogens with one attached hydrogen (secondary N) is 2. The number of hydrogen-bond acceptors (Lipinski definition) is 20. The summed E-state index contributed by atoms with van der Waals surface area (Å²) >= 11 is 0. The van der Waals surface area contributed by atoms with Crippen molar-refractivity contribution < 1.29 is 86.1 Å². The lowest BCUT2D eigenvalue weighted by atomic mass is 10.00. The fourth-order valence-electron chi connectivity index (χ4n) is 5.55. The number of rotatable bonds is 18. The number of ether oxygens (including phenoxy) is 3. The highest BCUT2D eigenvalue weighted by Gasteiger charge is 2.49. The van der Waals surface area contributed by atoms with Gasteiger partial charge in [0.15, 0.2) is 19.1 Å². The Kier molecular flexibility index (Phi) is 14.9. The van der Waals surface area contributed by atoms with Gasteiger partial charge < -0.3 is 64.1 Å². The molecule has 1 amide bonds. The van der Waals surface area contributed by atoms with Crippen molar-refractivity contribution >= 4 is 38.7 Å². The smallest absolute Gasteiger partial charge is 0.483 e. The Morgan fingerprint density at radius 1 is 0.966 bits per heavy atom. The molecule has 2 aliphatic rings. The number of benzene rings is 1. The van der Waals surface area contributed by atoms with Gasteiger partial charge in [-0.3, -0.25) is 28.2 Å². The van der Waals surface area contributed by atoms with Crippen LogP contribution in [0.25, 0.3) is 11.0 Å². The van der Waals surface area contributed by atoms with Crippen LogP contribution in [-0.2, 0) is 41.6 Å². The van der Waals surface area contributed by atoms with Gasteiger partial charge in [0.25, 0.3) is 11.5 Å². The molecule has 4 heterocycles. The van der Waals surface area contributed by atoms with E-state index in [1.165, 1.54) is 12.1 Å². The maximum atomic E-state index is 12.6. The van der Waals surface area contributed by atoms with E-state index in [9.17, 15) is 63.6 Å². The molecular weight excluding hydrogens is 826 g/mol. The molecule has 3 aromatic rings. The number of amides is 1. The first-order valence-electron chi connectivity index (χ1n) is 17.2. The quantitative estimate of drug-likeness (QED) is 0.0212. The van der Waals surface area contributed by atoms with Crippen molar-refractivity contribution in [2.24, 2.45) is 5.16 Å². The maximum absolute atomic E-state index is 12.6. The van der Waals surface area contributed by atoms with E-state index in [1.54, 1.807) is 19.1 Å². The molecule has 58 heavy (non-hydrogen) atoms. The average Bonchev–Trinajstić information content (AvgIpc) is 3.42. The van der Waals surface area contributed by atoms with E-state index in [0.29, 0.717) is 28.7 Å².